The third kappa shape index (κ3) is 2.79. The van der Waals surface area contributed by atoms with Crippen LogP contribution in [-0.2, 0) is 4.79 Å². The highest BCUT2D eigenvalue weighted by Gasteiger charge is 2.43. The summed E-state index contributed by atoms with van der Waals surface area (Å²) in [7, 11) is 0. The Morgan fingerprint density at radius 2 is 1.92 bits per heavy atom. The first-order valence-electron chi connectivity index (χ1n) is 8.41. The van der Waals surface area contributed by atoms with Crippen molar-refractivity contribution >= 4 is 11.8 Å². The van der Waals surface area contributed by atoms with Gasteiger partial charge >= 0.3 is 0 Å². The number of hydrazine groups is 1. The number of carbonyl (C=O) groups excluding carboxylic acids is 2. The maximum Gasteiger partial charge on any atom is 0.287 e. The number of aromatic amines is 1. The van der Waals surface area contributed by atoms with Crippen LogP contribution in [0.25, 0.3) is 11.3 Å². The molecule has 2 aromatic rings. The molecule has 0 spiro atoms. The predicted octanol–water partition coefficient (Wildman–Crippen LogP) is 2.27. The molecule has 1 heterocycles. The van der Waals surface area contributed by atoms with Crippen LogP contribution in [0.2, 0.25) is 0 Å². The van der Waals surface area contributed by atoms with Gasteiger partial charge in [0.25, 0.3) is 5.91 Å². The maximum absolute atomic E-state index is 12.2. The number of aromatic nitrogens is 2. The molecule has 6 heteroatoms. The molecule has 4 rings (SSSR count). The van der Waals surface area contributed by atoms with E-state index in [0.717, 1.165) is 24.8 Å². The van der Waals surface area contributed by atoms with Gasteiger partial charge in [0.2, 0.25) is 5.91 Å². The van der Waals surface area contributed by atoms with Crippen molar-refractivity contribution in [1.29, 1.82) is 0 Å². The van der Waals surface area contributed by atoms with Gasteiger partial charge in [-0.15, -0.1) is 0 Å². The Hall–Kier alpha value is -2.63. The minimum atomic E-state index is -0.388. The molecule has 6 nitrogen and oxygen atoms in total. The second-order valence-electron chi connectivity index (χ2n) is 6.76. The molecule has 2 bridgehead atoms. The van der Waals surface area contributed by atoms with Gasteiger partial charge in [-0.2, -0.15) is 5.10 Å². The van der Waals surface area contributed by atoms with Gasteiger partial charge in [0, 0.05) is 11.5 Å². The summed E-state index contributed by atoms with van der Waals surface area (Å²) < 4.78 is 0. The Morgan fingerprint density at radius 3 is 2.62 bits per heavy atom. The summed E-state index contributed by atoms with van der Waals surface area (Å²) in [6.45, 7) is 0. The lowest BCUT2D eigenvalue weighted by atomic mass is 9.88. The zero-order valence-electron chi connectivity index (χ0n) is 13.3. The number of carbonyl (C=O) groups is 2. The number of amides is 2. The summed E-state index contributed by atoms with van der Waals surface area (Å²) in [4.78, 5) is 24.4. The van der Waals surface area contributed by atoms with Crippen LogP contribution in [0.15, 0.2) is 36.4 Å². The molecule has 2 aliphatic carbocycles. The number of hydrogen-bond donors (Lipinski definition) is 3. The van der Waals surface area contributed by atoms with Gasteiger partial charge in [-0.1, -0.05) is 36.8 Å². The Labute approximate surface area is 140 Å². The Morgan fingerprint density at radius 1 is 1.08 bits per heavy atom. The van der Waals surface area contributed by atoms with Gasteiger partial charge in [-0.25, -0.2) is 0 Å². The zero-order valence-corrected chi connectivity index (χ0v) is 13.3. The number of benzene rings is 1. The van der Waals surface area contributed by atoms with Gasteiger partial charge in [0.05, 0.1) is 5.69 Å². The number of H-pyrrole nitrogens is 1. The third-order valence-corrected chi connectivity index (χ3v) is 5.27. The van der Waals surface area contributed by atoms with Crippen LogP contribution in [0.1, 0.15) is 36.2 Å². The predicted molar refractivity (Wildman–Crippen MR) is 88.6 cm³/mol. The van der Waals surface area contributed by atoms with Crippen molar-refractivity contribution in [3.8, 4) is 11.3 Å². The quantitative estimate of drug-likeness (QED) is 0.757. The molecule has 0 saturated heterocycles. The second kappa shape index (κ2) is 6.11. The fourth-order valence-electron chi connectivity index (χ4n) is 4.04. The number of rotatable bonds is 3. The summed E-state index contributed by atoms with van der Waals surface area (Å²) in [5, 5.41) is 6.86. The Bertz CT molecular complexity index is 755. The Balaban J connectivity index is 1.35. The molecule has 1 aromatic carbocycles. The summed E-state index contributed by atoms with van der Waals surface area (Å²) >= 11 is 0. The van der Waals surface area contributed by atoms with Crippen molar-refractivity contribution in [3.63, 3.8) is 0 Å². The number of hydrogen-bond acceptors (Lipinski definition) is 3. The van der Waals surface area contributed by atoms with Crippen LogP contribution in [0, 0.1) is 17.8 Å². The van der Waals surface area contributed by atoms with E-state index in [4.69, 9.17) is 0 Å². The largest absolute Gasteiger partial charge is 0.287 e. The van der Waals surface area contributed by atoms with Crippen molar-refractivity contribution in [2.75, 3.05) is 0 Å². The monoisotopic (exact) mass is 324 g/mol. The summed E-state index contributed by atoms with van der Waals surface area (Å²) in [6.07, 6.45) is 4.50. The van der Waals surface area contributed by atoms with E-state index in [1.54, 1.807) is 6.07 Å². The molecule has 24 heavy (non-hydrogen) atoms. The molecule has 1 aromatic heterocycles. The second-order valence-corrected chi connectivity index (χ2v) is 6.76. The molecule has 3 atom stereocenters. The normalized spacial score (nSPS) is 24.8. The summed E-state index contributed by atoms with van der Waals surface area (Å²) in [5.74, 6) is 0.775. The molecule has 2 saturated carbocycles. The van der Waals surface area contributed by atoms with E-state index in [0.29, 0.717) is 23.2 Å². The van der Waals surface area contributed by atoms with Crippen molar-refractivity contribution in [2.24, 2.45) is 17.8 Å². The summed E-state index contributed by atoms with van der Waals surface area (Å²) in [6, 6.07) is 11.3. The molecule has 0 unspecified atom stereocenters. The van der Waals surface area contributed by atoms with Crippen molar-refractivity contribution in [3.05, 3.63) is 42.1 Å². The molecular formula is C18H20N4O2. The van der Waals surface area contributed by atoms with Gasteiger partial charge in [-0.3, -0.25) is 25.5 Å². The van der Waals surface area contributed by atoms with Gasteiger partial charge in [0.1, 0.15) is 5.69 Å². The SMILES string of the molecule is O=C(NNC(=O)[C@@H]1C[C@H]2CC[C@H]1C2)c1cc(-c2ccccc2)n[nH]1. The maximum atomic E-state index is 12.2. The van der Waals surface area contributed by atoms with Gasteiger partial charge in [-0.05, 0) is 37.2 Å². The van der Waals surface area contributed by atoms with Crippen molar-refractivity contribution in [1.82, 2.24) is 21.0 Å². The average molecular weight is 324 g/mol. The van der Waals surface area contributed by atoms with E-state index in [-0.39, 0.29) is 17.7 Å². The fourth-order valence-corrected chi connectivity index (χ4v) is 4.04. The van der Waals surface area contributed by atoms with Crippen LogP contribution in [0.3, 0.4) is 0 Å². The zero-order chi connectivity index (χ0) is 16.5. The van der Waals surface area contributed by atoms with E-state index < -0.39 is 0 Å². The summed E-state index contributed by atoms with van der Waals surface area (Å²) in [5.41, 5.74) is 7.01. The number of nitrogens with one attached hydrogen (secondary N) is 3. The molecular weight excluding hydrogens is 304 g/mol. The van der Waals surface area contributed by atoms with Crippen LogP contribution in [0.5, 0.6) is 0 Å². The molecule has 0 aliphatic heterocycles. The number of nitrogens with zero attached hydrogens (tertiary/aromatic N) is 1. The molecule has 0 radical (unpaired) electrons. The standard InChI is InChI=1S/C18H20N4O2/c23-17(14-9-11-6-7-13(14)8-11)21-22-18(24)16-10-15(19-20-16)12-4-2-1-3-5-12/h1-5,10-11,13-14H,6-9H2,(H,19,20)(H,21,23)(H,22,24)/t11-,13-,14+/m0/s1. The van der Waals surface area contributed by atoms with E-state index in [2.05, 4.69) is 21.0 Å². The molecule has 2 fully saturated rings. The third-order valence-electron chi connectivity index (χ3n) is 5.27. The van der Waals surface area contributed by atoms with Crippen LogP contribution in [-0.4, -0.2) is 22.0 Å². The highest BCUT2D eigenvalue weighted by atomic mass is 16.2. The highest BCUT2D eigenvalue weighted by Crippen LogP contribution is 2.48. The highest BCUT2D eigenvalue weighted by molar-refractivity contribution is 5.94. The lowest BCUT2D eigenvalue weighted by molar-refractivity contribution is -0.127. The average Bonchev–Trinajstić information content (AvgIpc) is 3.36. The molecule has 124 valence electrons. The first kappa shape index (κ1) is 14.9. The first-order valence-corrected chi connectivity index (χ1v) is 8.41. The van der Waals surface area contributed by atoms with Crippen molar-refractivity contribution < 1.29 is 9.59 Å². The lowest BCUT2D eigenvalue weighted by Crippen LogP contribution is -2.45. The van der Waals surface area contributed by atoms with E-state index >= 15 is 0 Å². The fraction of sp³-hybridized carbons (Fsp3) is 0.389. The van der Waals surface area contributed by atoms with Crippen LogP contribution < -0.4 is 10.9 Å². The van der Waals surface area contributed by atoms with Crippen LogP contribution in [0.4, 0.5) is 0 Å². The van der Waals surface area contributed by atoms with Crippen molar-refractivity contribution in [2.45, 2.75) is 25.7 Å². The minimum absolute atomic E-state index is 0.0469. The van der Waals surface area contributed by atoms with E-state index in [1.807, 2.05) is 30.3 Å². The topological polar surface area (TPSA) is 86.9 Å². The lowest BCUT2D eigenvalue weighted by Gasteiger charge is -2.20. The molecule has 2 aliphatic rings. The number of fused-ring (bicyclic) bond motifs is 2. The Kier molecular flexibility index (Phi) is 3.80. The van der Waals surface area contributed by atoms with Gasteiger partial charge < -0.3 is 0 Å². The van der Waals surface area contributed by atoms with E-state index in [1.165, 1.54) is 6.42 Å². The minimum Gasteiger partial charge on any atom is -0.273 e. The van der Waals surface area contributed by atoms with E-state index in [9.17, 15) is 9.59 Å². The molecule has 3 N–H and O–H groups in total. The van der Waals surface area contributed by atoms with Crippen LogP contribution >= 0.6 is 0 Å². The smallest absolute Gasteiger partial charge is 0.273 e. The first-order chi connectivity index (χ1) is 11.7. The molecule has 2 amide bonds. The van der Waals surface area contributed by atoms with Gasteiger partial charge in [0.15, 0.2) is 0 Å².